The minimum atomic E-state index is -0.234. The average molecular weight is 610 g/mol. The average Bonchev–Trinajstić information content (AvgIpc) is 3.16. The number of rotatable bonds is 4. The van der Waals surface area contributed by atoms with Gasteiger partial charge >= 0.3 is 0 Å². The van der Waals surface area contributed by atoms with E-state index in [0.29, 0.717) is 32.9 Å². The Kier molecular flexibility index (Phi) is 7.51. The Morgan fingerprint density at radius 1 is 1.00 bits per heavy atom. The second kappa shape index (κ2) is 9.98. The van der Waals surface area contributed by atoms with Crippen LogP contribution in [0.1, 0.15) is 37.3 Å². The van der Waals surface area contributed by atoms with Crippen molar-refractivity contribution >= 4 is 84.0 Å². The summed E-state index contributed by atoms with van der Waals surface area (Å²) in [5.74, 6) is -0.234. The number of alkyl halides is 2. The van der Waals surface area contributed by atoms with Crippen LogP contribution >= 0.6 is 66.7 Å². The summed E-state index contributed by atoms with van der Waals surface area (Å²) >= 11 is 25.9. The molecule has 0 aromatic heterocycles. The van der Waals surface area contributed by atoms with Gasteiger partial charge < -0.3 is 0 Å². The zero-order valence-corrected chi connectivity index (χ0v) is 21.7. The highest BCUT2D eigenvalue weighted by atomic mass is 79.9. The molecule has 1 fully saturated rings. The number of piperidine rings is 1. The van der Waals surface area contributed by atoms with Crippen LogP contribution in [0.2, 0.25) is 15.1 Å². The molecule has 31 heavy (non-hydrogen) atoms. The second-order valence-corrected chi connectivity index (χ2v) is 10.8. The normalized spacial score (nSPS) is 24.2. The highest BCUT2D eigenvalue weighted by Crippen LogP contribution is 2.40. The first-order valence-electron chi connectivity index (χ1n) is 9.78. The predicted octanol–water partition coefficient (Wildman–Crippen LogP) is 6.91. The van der Waals surface area contributed by atoms with Crippen LogP contribution in [-0.4, -0.2) is 26.5 Å². The van der Waals surface area contributed by atoms with Gasteiger partial charge in [0.1, 0.15) is 5.71 Å². The first-order valence-corrected chi connectivity index (χ1v) is 12.7. The van der Waals surface area contributed by atoms with Gasteiger partial charge in [-0.3, -0.25) is 15.2 Å². The number of carbonyl (C=O) groups is 1. The number of hydrazone groups is 1. The second-order valence-electron chi connectivity index (χ2n) is 7.41. The van der Waals surface area contributed by atoms with Gasteiger partial charge in [0.25, 0.3) is 5.91 Å². The maximum Gasteiger partial charge on any atom is 0.281 e. The Morgan fingerprint density at radius 3 is 2.29 bits per heavy atom. The van der Waals surface area contributed by atoms with E-state index in [4.69, 9.17) is 34.8 Å². The van der Waals surface area contributed by atoms with E-state index in [9.17, 15) is 4.79 Å². The maximum absolute atomic E-state index is 13.1. The summed E-state index contributed by atoms with van der Waals surface area (Å²) in [5.41, 5.74) is 5.10. The number of amides is 1. The summed E-state index contributed by atoms with van der Waals surface area (Å²) in [4.78, 5) is 13.2. The molecule has 10 heteroatoms. The number of halogens is 5. The molecule has 0 bridgehead atoms. The molecule has 4 rings (SSSR count). The van der Waals surface area contributed by atoms with E-state index in [1.54, 1.807) is 17.1 Å². The standard InChI is InChI=1S/C21H19Br2Cl3N4O/c22-19-2-1-3-20(23)30(19)28-21(31)16-11-18(12-4-6-13(24)7-5-12)29(27-16)17-9-8-14(25)10-15(17)26/h4-10,18-20H,1-3,11H2,(H,28,31). The lowest BCUT2D eigenvalue weighted by Crippen LogP contribution is -2.53. The summed E-state index contributed by atoms with van der Waals surface area (Å²) in [7, 11) is 0. The summed E-state index contributed by atoms with van der Waals surface area (Å²) in [6, 6.07) is 12.6. The fourth-order valence-corrected chi connectivity index (χ4v) is 6.07. The van der Waals surface area contributed by atoms with Gasteiger partial charge in [-0.25, -0.2) is 0 Å². The van der Waals surface area contributed by atoms with E-state index in [1.807, 2.05) is 35.3 Å². The number of hydrogen-bond donors (Lipinski definition) is 1. The van der Waals surface area contributed by atoms with Crippen molar-refractivity contribution in [2.24, 2.45) is 5.10 Å². The van der Waals surface area contributed by atoms with E-state index >= 15 is 0 Å². The molecule has 3 atom stereocenters. The Labute approximate surface area is 212 Å². The number of anilines is 1. The molecule has 5 nitrogen and oxygen atoms in total. The van der Waals surface area contributed by atoms with Crippen molar-refractivity contribution in [3.63, 3.8) is 0 Å². The highest BCUT2D eigenvalue weighted by Gasteiger charge is 2.36. The van der Waals surface area contributed by atoms with Crippen LogP contribution < -0.4 is 10.4 Å². The number of nitrogens with zero attached hydrogens (tertiary/aromatic N) is 3. The zero-order chi connectivity index (χ0) is 22.1. The Morgan fingerprint density at radius 2 is 1.65 bits per heavy atom. The van der Waals surface area contributed by atoms with Crippen molar-refractivity contribution in [1.82, 2.24) is 10.4 Å². The molecule has 1 saturated heterocycles. The van der Waals surface area contributed by atoms with E-state index < -0.39 is 0 Å². The third kappa shape index (κ3) is 5.23. The molecule has 2 heterocycles. The third-order valence-corrected chi connectivity index (χ3v) is 7.89. The Hall–Kier alpha value is -0.830. The summed E-state index contributed by atoms with van der Waals surface area (Å²) in [6.07, 6.45) is 3.42. The SMILES string of the molecule is O=C(NN1C(Br)CCCC1Br)C1=NN(c2ccc(Cl)cc2Cl)C(c2ccc(Cl)cc2)C1. The van der Waals surface area contributed by atoms with Gasteiger partial charge in [0.15, 0.2) is 0 Å². The minimum Gasteiger partial charge on any atom is -0.282 e. The molecule has 2 aliphatic heterocycles. The zero-order valence-electron chi connectivity index (χ0n) is 16.2. The van der Waals surface area contributed by atoms with Crippen molar-refractivity contribution in [3.05, 3.63) is 63.1 Å². The molecule has 2 aromatic carbocycles. The van der Waals surface area contributed by atoms with Crippen molar-refractivity contribution in [2.75, 3.05) is 5.01 Å². The largest absolute Gasteiger partial charge is 0.282 e. The van der Waals surface area contributed by atoms with Crippen LogP contribution in [0.25, 0.3) is 0 Å². The molecular formula is C21H19Br2Cl3N4O. The van der Waals surface area contributed by atoms with Gasteiger partial charge in [-0.05, 0) is 55.2 Å². The summed E-state index contributed by atoms with van der Waals surface area (Å²) < 4.78 is 0. The minimum absolute atomic E-state index is 0.0606. The first kappa shape index (κ1) is 23.3. The molecular weight excluding hydrogens is 590 g/mol. The van der Waals surface area contributed by atoms with Crippen molar-refractivity contribution in [2.45, 2.75) is 41.6 Å². The molecule has 0 spiro atoms. The fourth-order valence-electron chi connectivity index (χ4n) is 3.71. The molecule has 3 unspecified atom stereocenters. The molecule has 2 aliphatic rings. The van der Waals surface area contributed by atoms with E-state index in [0.717, 1.165) is 24.8 Å². The topological polar surface area (TPSA) is 47.9 Å². The van der Waals surface area contributed by atoms with Gasteiger partial charge in [-0.2, -0.15) is 10.1 Å². The fraction of sp³-hybridized carbons (Fsp3) is 0.333. The van der Waals surface area contributed by atoms with Crippen LogP contribution in [0.15, 0.2) is 47.6 Å². The lowest BCUT2D eigenvalue weighted by Gasteiger charge is -2.36. The van der Waals surface area contributed by atoms with E-state index in [1.165, 1.54) is 0 Å². The number of hydrazine groups is 1. The molecule has 0 aliphatic carbocycles. The van der Waals surface area contributed by atoms with E-state index in [2.05, 4.69) is 42.4 Å². The number of carbonyl (C=O) groups excluding carboxylic acids is 1. The molecule has 2 aromatic rings. The van der Waals surface area contributed by atoms with Crippen molar-refractivity contribution < 1.29 is 4.79 Å². The van der Waals surface area contributed by atoms with Gasteiger partial charge in [0.05, 0.1) is 26.7 Å². The maximum atomic E-state index is 13.1. The van der Waals surface area contributed by atoms with Crippen molar-refractivity contribution in [3.8, 4) is 0 Å². The number of benzene rings is 2. The molecule has 1 amide bonds. The summed E-state index contributed by atoms with van der Waals surface area (Å²) in [5, 5.41) is 9.99. The lowest BCUT2D eigenvalue weighted by atomic mass is 10.0. The van der Waals surface area contributed by atoms with Crippen LogP contribution in [0.5, 0.6) is 0 Å². The summed E-state index contributed by atoms with van der Waals surface area (Å²) in [6.45, 7) is 0. The molecule has 0 saturated carbocycles. The highest BCUT2D eigenvalue weighted by molar-refractivity contribution is 9.10. The van der Waals surface area contributed by atoms with Gasteiger partial charge in [0, 0.05) is 16.5 Å². The van der Waals surface area contributed by atoms with Gasteiger partial charge in [0.2, 0.25) is 0 Å². The van der Waals surface area contributed by atoms with E-state index in [-0.39, 0.29) is 21.9 Å². The Bertz CT molecular complexity index is 995. The molecule has 1 N–H and O–H groups in total. The van der Waals surface area contributed by atoms with Crippen LogP contribution in [-0.2, 0) is 4.79 Å². The predicted molar refractivity (Wildman–Crippen MR) is 134 cm³/mol. The quantitative estimate of drug-likeness (QED) is 0.303. The van der Waals surface area contributed by atoms with Gasteiger partial charge in [-0.15, -0.1) is 0 Å². The van der Waals surface area contributed by atoms with Crippen LogP contribution in [0.3, 0.4) is 0 Å². The first-order chi connectivity index (χ1) is 14.8. The Balaban J connectivity index is 1.63. The molecule has 0 radical (unpaired) electrons. The number of nitrogens with one attached hydrogen (secondary N) is 1. The molecule has 164 valence electrons. The lowest BCUT2D eigenvalue weighted by molar-refractivity contribution is -0.120. The van der Waals surface area contributed by atoms with Crippen LogP contribution in [0, 0.1) is 0 Å². The smallest absolute Gasteiger partial charge is 0.281 e. The van der Waals surface area contributed by atoms with Crippen LogP contribution in [0.4, 0.5) is 5.69 Å². The monoisotopic (exact) mass is 606 g/mol. The van der Waals surface area contributed by atoms with Gasteiger partial charge in [-0.1, -0.05) is 78.8 Å². The van der Waals surface area contributed by atoms with Crippen molar-refractivity contribution in [1.29, 1.82) is 0 Å². The number of hydrogen-bond acceptors (Lipinski definition) is 4. The third-order valence-electron chi connectivity index (χ3n) is 5.30.